The van der Waals surface area contributed by atoms with E-state index in [-0.39, 0.29) is 31.5 Å². The Morgan fingerprint density at radius 1 is 1.38 bits per heavy atom. The zero-order chi connectivity index (χ0) is 17.4. The van der Waals surface area contributed by atoms with Crippen molar-refractivity contribution in [3.63, 3.8) is 0 Å². The number of carbonyl (C=O) groups excluding carboxylic acids is 3. The number of hydrogen-bond donors (Lipinski definition) is 2. The van der Waals surface area contributed by atoms with Gasteiger partial charge in [-0.25, -0.2) is 4.79 Å². The third-order valence-electron chi connectivity index (χ3n) is 3.98. The van der Waals surface area contributed by atoms with Gasteiger partial charge in [0.25, 0.3) is 0 Å². The molecule has 0 aliphatic carbocycles. The molecule has 1 aromatic rings. The van der Waals surface area contributed by atoms with Crippen molar-refractivity contribution in [1.29, 1.82) is 0 Å². The van der Waals surface area contributed by atoms with Crippen LogP contribution in [0.3, 0.4) is 0 Å². The maximum Gasteiger partial charge on any atom is 0.321 e. The van der Waals surface area contributed by atoms with Crippen LogP contribution in [-0.4, -0.2) is 49.0 Å². The fourth-order valence-corrected chi connectivity index (χ4v) is 2.75. The molecule has 1 aliphatic rings. The first-order valence-electron chi connectivity index (χ1n) is 7.99. The predicted octanol–water partition coefficient (Wildman–Crippen LogP) is 1.02. The van der Waals surface area contributed by atoms with E-state index in [2.05, 4.69) is 10.6 Å². The van der Waals surface area contributed by atoms with E-state index >= 15 is 0 Å². The van der Waals surface area contributed by atoms with Gasteiger partial charge in [0, 0.05) is 6.04 Å². The van der Waals surface area contributed by atoms with Gasteiger partial charge in [0.05, 0.1) is 32.9 Å². The number of furan rings is 1. The van der Waals surface area contributed by atoms with Crippen LogP contribution in [0.5, 0.6) is 0 Å². The van der Waals surface area contributed by atoms with Crippen molar-refractivity contribution < 1.29 is 23.5 Å². The third kappa shape index (κ3) is 5.69. The van der Waals surface area contributed by atoms with Crippen LogP contribution >= 0.6 is 0 Å². The molecule has 1 fully saturated rings. The van der Waals surface area contributed by atoms with Gasteiger partial charge in [0.15, 0.2) is 0 Å². The first-order chi connectivity index (χ1) is 11.6. The lowest BCUT2D eigenvalue weighted by atomic mass is 9.99. The third-order valence-corrected chi connectivity index (χ3v) is 3.98. The van der Waals surface area contributed by atoms with Crippen molar-refractivity contribution >= 4 is 17.9 Å². The maximum atomic E-state index is 12.0. The smallest absolute Gasteiger partial charge is 0.321 e. The summed E-state index contributed by atoms with van der Waals surface area (Å²) in [6.07, 6.45) is 4.60. The van der Waals surface area contributed by atoms with E-state index in [4.69, 9.17) is 9.15 Å². The molecule has 1 aliphatic heterocycles. The average molecular weight is 337 g/mol. The highest BCUT2D eigenvalue weighted by molar-refractivity contribution is 5.95. The van der Waals surface area contributed by atoms with Crippen molar-refractivity contribution in [3.05, 3.63) is 24.2 Å². The number of methoxy groups -OCH3 is 1. The summed E-state index contributed by atoms with van der Waals surface area (Å²) in [6, 6.07) is 2.85. The lowest BCUT2D eigenvalue weighted by molar-refractivity contribution is -0.143. The SMILES string of the molecule is COC(=O)C[C@@H]1CCCCN1CC(=O)NC(=O)NCc1ccco1. The lowest BCUT2D eigenvalue weighted by Gasteiger charge is -2.34. The number of piperidine rings is 1. The van der Waals surface area contributed by atoms with E-state index in [1.165, 1.54) is 13.4 Å². The summed E-state index contributed by atoms with van der Waals surface area (Å²) in [7, 11) is 1.35. The van der Waals surface area contributed by atoms with Gasteiger partial charge in [0.2, 0.25) is 5.91 Å². The van der Waals surface area contributed by atoms with Crippen LogP contribution in [-0.2, 0) is 20.9 Å². The van der Waals surface area contributed by atoms with E-state index in [0.717, 1.165) is 25.8 Å². The molecule has 0 spiro atoms. The molecule has 1 saturated heterocycles. The highest BCUT2D eigenvalue weighted by Crippen LogP contribution is 2.19. The Kier molecular flexibility index (Phi) is 6.80. The van der Waals surface area contributed by atoms with E-state index in [1.807, 2.05) is 4.90 Å². The monoisotopic (exact) mass is 337 g/mol. The van der Waals surface area contributed by atoms with Crippen molar-refractivity contribution in [1.82, 2.24) is 15.5 Å². The number of hydrogen-bond acceptors (Lipinski definition) is 6. The van der Waals surface area contributed by atoms with E-state index in [9.17, 15) is 14.4 Å². The topological polar surface area (TPSA) is 101 Å². The number of esters is 1. The number of carbonyl (C=O) groups is 3. The molecule has 24 heavy (non-hydrogen) atoms. The highest BCUT2D eigenvalue weighted by Gasteiger charge is 2.27. The second-order valence-corrected chi connectivity index (χ2v) is 5.71. The average Bonchev–Trinajstić information content (AvgIpc) is 3.08. The first kappa shape index (κ1) is 18.0. The number of nitrogens with one attached hydrogen (secondary N) is 2. The Bertz CT molecular complexity index is 558. The second-order valence-electron chi connectivity index (χ2n) is 5.71. The fraction of sp³-hybridized carbons (Fsp3) is 0.562. The minimum absolute atomic E-state index is 0.0249. The molecule has 0 bridgehead atoms. The van der Waals surface area contributed by atoms with Crippen LogP contribution in [0, 0.1) is 0 Å². The predicted molar refractivity (Wildman–Crippen MR) is 84.9 cm³/mol. The minimum atomic E-state index is -0.571. The second kappa shape index (κ2) is 9.07. The molecule has 132 valence electrons. The van der Waals surface area contributed by atoms with Crippen LogP contribution in [0.2, 0.25) is 0 Å². The summed E-state index contributed by atoms with van der Waals surface area (Å²) in [5.41, 5.74) is 0. The Morgan fingerprint density at radius 3 is 2.92 bits per heavy atom. The van der Waals surface area contributed by atoms with Crippen LogP contribution in [0.4, 0.5) is 4.79 Å². The molecule has 0 radical (unpaired) electrons. The molecule has 2 heterocycles. The van der Waals surface area contributed by atoms with Gasteiger partial charge >= 0.3 is 12.0 Å². The van der Waals surface area contributed by atoms with Crippen molar-refractivity contribution in [2.45, 2.75) is 38.3 Å². The number of likely N-dealkylation sites (tertiary alicyclic amines) is 1. The standard InChI is InChI=1S/C16H23N3O5/c1-23-15(21)9-12-5-2-3-7-19(12)11-14(20)18-16(22)17-10-13-6-4-8-24-13/h4,6,8,12H,2-3,5,7,9-11H2,1H3,(H2,17,18,20,22)/t12-/m0/s1. The van der Waals surface area contributed by atoms with Gasteiger partial charge in [-0.05, 0) is 31.5 Å². The number of imide groups is 1. The van der Waals surface area contributed by atoms with Crippen LogP contribution < -0.4 is 10.6 Å². The molecular formula is C16H23N3O5. The lowest BCUT2D eigenvalue weighted by Crippen LogP contribution is -2.49. The number of nitrogens with zero attached hydrogens (tertiary/aromatic N) is 1. The normalized spacial score (nSPS) is 18.0. The first-order valence-corrected chi connectivity index (χ1v) is 7.99. The van der Waals surface area contributed by atoms with Gasteiger partial charge < -0.3 is 14.5 Å². The summed E-state index contributed by atoms with van der Waals surface area (Å²) < 4.78 is 9.79. The molecule has 2 N–H and O–H groups in total. The molecule has 2 rings (SSSR count). The van der Waals surface area contributed by atoms with Crippen molar-refractivity contribution in [2.24, 2.45) is 0 Å². The number of ether oxygens (including phenoxy) is 1. The van der Waals surface area contributed by atoms with E-state index in [0.29, 0.717) is 5.76 Å². The molecule has 8 heteroatoms. The molecule has 3 amide bonds. The molecular weight excluding hydrogens is 314 g/mol. The molecule has 8 nitrogen and oxygen atoms in total. The minimum Gasteiger partial charge on any atom is -0.469 e. The van der Waals surface area contributed by atoms with Gasteiger partial charge in [-0.2, -0.15) is 0 Å². The summed E-state index contributed by atoms with van der Waals surface area (Å²) in [5.74, 6) is -0.0843. The Labute approximate surface area is 140 Å². The zero-order valence-corrected chi connectivity index (χ0v) is 13.7. The molecule has 0 unspecified atom stereocenters. The molecule has 0 saturated carbocycles. The number of urea groups is 1. The zero-order valence-electron chi connectivity index (χ0n) is 13.7. The van der Waals surface area contributed by atoms with Gasteiger partial charge in [-0.3, -0.25) is 19.8 Å². The van der Waals surface area contributed by atoms with Gasteiger partial charge in [0.1, 0.15) is 5.76 Å². The van der Waals surface area contributed by atoms with Crippen LogP contribution in [0.15, 0.2) is 22.8 Å². The Balaban J connectivity index is 1.76. The summed E-state index contributed by atoms with van der Waals surface area (Å²) in [6.45, 7) is 1.01. The molecule has 0 aromatic carbocycles. The molecule has 1 aromatic heterocycles. The van der Waals surface area contributed by atoms with Gasteiger partial charge in [-0.1, -0.05) is 6.42 Å². The van der Waals surface area contributed by atoms with Crippen molar-refractivity contribution in [2.75, 3.05) is 20.2 Å². The summed E-state index contributed by atoms with van der Waals surface area (Å²) in [5, 5.41) is 4.84. The number of amides is 3. The number of rotatable bonds is 6. The Hall–Kier alpha value is -2.35. The van der Waals surface area contributed by atoms with Crippen LogP contribution in [0.1, 0.15) is 31.4 Å². The summed E-state index contributed by atoms with van der Waals surface area (Å²) in [4.78, 5) is 37.1. The van der Waals surface area contributed by atoms with E-state index in [1.54, 1.807) is 12.1 Å². The van der Waals surface area contributed by atoms with E-state index < -0.39 is 11.9 Å². The molecule has 1 atom stereocenters. The van der Waals surface area contributed by atoms with Gasteiger partial charge in [-0.15, -0.1) is 0 Å². The largest absolute Gasteiger partial charge is 0.469 e. The van der Waals surface area contributed by atoms with Crippen molar-refractivity contribution in [3.8, 4) is 0 Å². The highest BCUT2D eigenvalue weighted by atomic mass is 16.5. The summed E-state index contributed by atoms with van der Waals surface area (Å²) >= 11 is 0. The Morgan fingerprint density at radius 2 is 2.21 bits per heavy atom. The fourth-order valence-electron chi connectivity index (χ4n) is 2.75. The van der Waals surface area contributed by atoms with Crippen LogP contribution in [0.25, 0.3) is 0 Å². The maximum absolute atomic E-state index is 12.0. The quantitative estimate of drug-likeness (QED) is 0.752.